The van der Waals surface area contributed by atoms with Gasteiger partial charge in [0.05, 0.1) is 0 Å². The highest BCUT2D eigenvalue weighted by atomic mass is 16.1. The van der Waals surface area contributed by atoms with E-state index in [2.05, 4.69) is 0 Å². The maximum Gasteiger partial charge on any atom is 0.137 e. The maximum atomic E-state index is 15.6. The molecule has 0 aliphatic heterocycles. The fourth-order valence-corrected chi connectivity index (χ4v) is 26.4. The van der Waals surface area contributed by atoms with Crippen molar-refractivity contribution >= 4 is 297 Å². The highest BCUT2D eigenvalue weighted by Gasteiger charge is 2.80. The summed E-state index contributed by atoms with van der Waals surface area (Å²) in [5.41, 5.74) is 6.26. The topological polar surface area (TPSA) is 17.1 Å². The molecule has 0 N–H and O–H groups in total. The van der Waals surface area contributed by atoms with E-state index in [0.29, 0.717) is 11.7 Å². The summed E-state index contributed by atoms with van der Waals surface area (Å²) in [7, 11) is 0. The van der Waals surface area contributed by atoms with Gasteiger partial charge in [-0.2, -0.15) is 0 Å². The van der Waals surface area contributed by atoms with E-state index in [-0.39, 0.29) is 16.7 Å². The second-order valence-corrected chi connectivity index (χ2v) is 25.5. The molecule has 6 aliphatic carbocycles. The molecule has 0 saturated heterocycles. The molecule has 2 atom stereocenters. The first kappa shape index (κ1) is 23.4. The molecule has 34 rings (SSSR count). The number of carbonyl (C=O) groups is 1. The standard InChI is InChI=1S/C65H6O/c66-5-2-3-1-4(5)65-62-56-50-40-32-22-14-10-7-6-8-12(14)20-28(22)42(50)48-38-30(20)24-16(8)17-9(6)13-15-11(7)19-18(10)26(32)36-37-27(19)33-23(15)29-21(13)31-25(17)35-34(24)44(38)52-53-45(35)39(31)49-43(29)51-41(33)47(37)59(58(62)46(36)40)63(65)57(51)55(49)61(53)64(3,65)60(52)54(48)56/h3-4H,1-2H2/t3-,4+,64?,65?/m0/s1. The van der Waals surface area contributed by atoms with Crippen molar-refractivity contribution in [3.63, 3.8) is 0 Å². The van der Waals surface area contributed by atoms with Crippen LogP contribution in [-0.4, -0.2) is 5.78 Å². The van der Waals surface area contributed by atoms with Gasteiger partial charge in [0.15, 0.2) is 0 Å². The molecule has 28 aromatic carbocycles. The van der Waals surface area contributed by atoms with Gasteiger partial charge in [-0.3, -0.25) is 4.79 Å². The SMILES string of the molecule is O=C1C[C@@H]2C[C@H]1C13c4c5c6c7c8c9c(c%10c%11c1c1c4c4c%12c5c5c6c6c8c8c%13c9c9c%10c%10c%11c%11c1c1c4c4c%12c%12c5c5c6c8c6c8c%13c9c9c%10c%10c%11c1c1c4c4c%12c5c6c5c8c9c%10c1c45)C723. The summed E-state index contributed by atoms with van der Waals surface area (Å²) in [5, 5.41) is 88.9. The zero-order valence-corrected chi connectivity index (χ0v) is 33.5. The van der Waals surface area contributed by atoms with Crippen LogP contribution in [0.2, 0.25) is 0 Å². The fraction of sp³-hybridized carbons (Fsp3) is 0.0923. The molecule has 6 aliphatic rings. The Balaban J connectivity index is 1.26. The molecule has 2 fully saturated rings. The predicted octanol–water partition coefficient (Wildman–Crippen LogP) is 16.9. The summed E-state index contributed by atoms with van der Waals surface area (Å²) >= 11 is 0. The molecule has 0 heterocycles. The van der Waals surface area contributed by atoms with Gasteiger partial charge < -0.3 is 0 Å². The molecular formula is C65H6O. The summed E-state index contributed by atoms with van der Waals surface area (Å²) < 4.78 is 0. The Labute approximate surface area is 357 Å². The van der Waals surface area contributed by atoms with Crippen LogP contribution in [0.15, 0.2) is 0 Å². The molecule has 0 radical (unpaired) electrons. The van der Waals surface area contributed by atoms with E-state index in [1.807, 2.05) is 0 Å². The van der Waals surface area contributed by atoms with Gasteiger partial charge in [0, 0.05) is 23.2 Å². The molecule has 0 amide bonds. The minimum atomic E-state index is -0.363. The molecule has 1 heteroatoms. The summed E-state index contributed by atoms with van der Waals surface area (Å²) in [5.74, 6) is 0.937. The first-order valence-electron chi connectivity index (χ1n) is 25.1. The quantitative estimate of drug-likeness (QED) is 0.140. The van der Waals surface area contributed by atoms with Crippen molar-refractivity contribution in [1.82, 2.24) is 0 Å². The third kappa shape index (κ3) is 1.13. The van der Waals surface area contributed by atoms with Crippen molar-refractivity contribution < 1.29 is 4.79 Å². The third-order valence-corrected chi connectivity index (χ3v) is 25.9. The average Bonchev–Trinajstić information content (AvgIpc) is 4.15. The Morgan fingerprint density at radius 2 is 0.364 bits per heavy atom. The number of hydrogen-bond acceptors (Lipinski definition) is 1. The van der Waals surface area contributed by atoms with Gasteiger partial charge in [-0.05, 0) is 325 Å². The highest BCUT2D eigenvalue weighted by molar-refractivity contribution is 6.82. The number of rotatable bonds is 0. The van der Waals surface area contributed by atoms with Crippen LogP contribution in [0.25, 0.3) is 291 Å². The fourth-order valence-electron chi connectivity index (χ4n) is 26.4. The van der Waals surface area contributed by atoms with Gasteiger partial charge in [-0.25, -0.2) is 0 Å². The van der Waals surface area contributed by atoms with Gasteiger partial charge in [0.2, 0.25) is 0 Å². The lowest BCUT2D eigenvalue weighted by Crippen LogP contribution is -2.57. The summed E-state index contributed by atoms with van der Waals surface area (Å²) in [4.78, 5) is 15.6. The first-order valence-corrected chi connectivity index (χ1v) is 25.1. The second kappa shape index (κ2) is 5.03. The molecule has 66 heavy (non-hydrogen) atoms. The molecule has 0 aromatic heterocycles. The van der Waals surface area contributed by atoms with E-state index >= 15 is 4.79 Å². The Bertz CT molecular complexity index is 6950. The van der Waals surface area contributed by atoms with Crippen LogP contribution in [-0.2, 0) is 15.6 Å². The Kier molecular flexibility index (Phi) is 1.78. The summed E-state index contributed by atoms with van der Waals surface area (Å²) in [6.45, 7) is 0. The molecule has 2 spiro atoms. The summed E-state index contributed by atoms with van der Waals surface area (Å²) in [6.07, 6.45) is 1.81. The largest absolute Gasteiger partial charge is 0.299 e. The van der Waals surface area contributed by atoms with Crippen molar-refractivity contribution in [2.24, 2.45) is 11.8 Å². The lowest BCUT2D eigenvalue weighted by Gasteiger charge is -2.56. The number of Topliss-reactive ketones (excluding diaryl/α,β-unsaturated/α-hetero) is 1. The molecule has 272 valence electrons. The van der Waals surface area contributed by atoms with Gasteiger partial charge in [-0.15, -0.1) is 0 Å². The zero-order chi connectivity index (χ0) is 38.6. The van der Waals surface area contributed by atoms with Crippen molar-refractivity contribution in [1.29, 1.82) is 0 Å². The molecule has 28 aromatic rings. The number of ketones is 1. The van der Waals surface area contributed by atoms with Crippen LogP contribution in [0.3, 0.4) is 0 Å². The van der Waals surface area contributed by atoms with Crippen LogP contribution in [0.4, 0.5) is 0 Å². The Hall–Kier alpha value is -7.87. The number of benzene rings is 18. The lowest BCUT2D eigenvalue weighted by atomic mass is 9.44. The normalized spacial score (nSPS) is 26.2. The van der Waals surface area contributed by atoms with Gasteiger partial charge in [0.25, 0.3) is 0 Å². The smallest absolute Gasteiger partial charge is 0.137 e. The van der Waals surface area contributed by atoms with Crippen molar-refractivity contribution in [3.05, 3.63) is 22.3 Å². The van der Waals surface area contributed by atoms with E-state index in [4.69, 9.17) is 0 Å². The highest BCUT2D eigenvalue weighted by Crippen LogP contribution is 2.89. The minimum absolute atomic E-state index is 0.0262. The monoisotopic (exact) mass is 802 g/mol. The molecule has 0 unspecified atom stereocenters. The number of fused-ring (bicyclic) bond motifs is 2. The maximum absolute atomic E-state index is 15.6. The third-order valence-electron chi connectivity index (χ3n) is 25.9. The van der Waals surface area contributed by atoms with E-state index in [1.165, 1.54) is 0 Å². The predicted molar refractivity (Wildman–Crippen MR) is 275 cm³/mol. The van der Waals surface area contributed by atoms with Gasteiger partial charge in [-0.1, -0.05) is 0 Å². The average molecular weight is 803 g/mol. The van der Waals surface area contributed by atoms with Crippen LogP contribution in [0.1, 0.15) is 35.1 Å². The van der Waals surface area contributed by atoms with Crippen molar-refractivity contribution in [2.45, 2.75) is 23.7 Å². The van der Waals surface area contributed by atoms with E-state index < -0.39 is 0 Å². The van der Waals surface area contributed by atoms with Crippen LogP contribution < -0.4 is 0 Å². The van der Waals surface area contributed by atoms with E-state index in [0.717, 1.165) is 12.8 Å². The van der Waals surface area contributed by atoms with Crippen molar-refractivity contribution in [3.8, 4) is 0 Å². The van der Waals surface area contributed by atoms with E-state index in [1.54, 1.807) is 313 Å². The number of carbonyl (C=O) groups excluding carboxylic acids is 1. The molecule has 2 saturated carbocycles. The van der Waals surface area contributed by atoms with Crippen molar-refractivity contribution in [2.75, 3.05) is 0 Å². The van der Waals surface area contributed by atoms with Gasteiger partial charge in [0.1, 0.15) is 5.78 Å². The minimum Gasteiger partial charge on any atom is -0.299 e. The molecular weight excluding hydrogens is 797 g/mol. The van der Waals surface area contributed by atoms with Crippen LogP contribution in [0.5, 0.6) is 0 Å². The first-order chi connectivity index (χ1) is 32.9. The Morgan fingerprint density at radius 1 is 0.212 bits per heavy atom. The van der Waals surface area contributed by atoms with Crippen LogP contribution >= 0.6 is 0 Å². The molecule has 2 bridgehead atoms. The zero-order valence-electron chi connectivity index (χ0n) is 33.5. The van der Waals surface area contributed by atoms with E-state index in [9.17, 15) is 0 Å². The number of hydrogen-bond donors (Lipinski definition) is 0. The van der Waals surface area contributed by atoms with Gasteiger partial charge >= 0.3 is 0 Å². The molecule has 1 nitrogen and oxygen atoms in total. The second-order valence-electron chi connectivity index (χ2n) is 25.5. The lowest BCUT2D eigenvalue weighted by molar-refractivity contribution is -0.124. The summed E-state index contributed by atoms with van der Waals surface area (Å²) in [6, 6.07) is 0. The van der Waals surface area contributed by atoms with Crippen LogP contribution in [0, 0.1) is 11.8 Å². The Morgan fingerprint density at radius 3 is 0.545 bits per heavy atom.